The summed E-state index contributed by atoms with van der Waals surface area (Å²) in [5.41, 5.74) is 1.30. The lowest BCUT2D eigenvalue weighted by atomic mass is 10.1. The first-order valence-corrected chi connectivity index (χ1v) is 9.43. The van der Waals surface area contributed by atoms with Crippen LogP contribution in [0.2, 0.25) is 0 Å². The first-order valence-electron chi connectivity index (χ1n) is 8.62. The Morgan fingerprint density at radius 1 is 1.19 bits per heavy atom. The molecule has 2 aromatic carbocycles. The molecule has 1 fully saturated rings. The number of halogens is 3. The Kier molecular flexibility index (Phi) is 7.08. The van der Waals surface area contributed by atoms with Crippen LogP contribution in [0.15, 0.2) is 57.6 Å². The van der Waals surface area contributed by atoms with Crippen molar-refractivity contribution < 1.29 is 32.2 Å². The van der Waals surface area contributed by atoms with Gasteiger partial charge in [0.25, 0.3) is 5.91 Å². The van der Waals surface area contributed by atoms with Crippen LogP contribution in [-0.4, -0.2) is 30.4 Å². The number of carbonyl (C=O) groups excluding carboxylic acids is 2. The minimum absolute atomic E-state index is 0.0195. The Morgan fingerprint density at radius 2 is 1.94 bits per heavy atom. The van der Waals surface area contributed by atoms with E-state index < -0.39 is 29.3 Å². The third kappa shape index (κ3) is 5.95. The second-order valence-corrected chi connectivity index (χ2v) is 7.00. The van der Waals surface area contributed by atoms with Gasteiger partial charge in [-0.3, -0.25) is 10.1 Å². The molecule has 0 spiro atoms. The monoisotopic (exact) mass is 449 g/mol. The fraction of sp³-hybridized carbons (Fsp3) is 0.100. The minimum atomic E-state index is -1.56. The standard InChI is InChI=1S/C20H14F3N3O4S/c1-29-17(27)8-16-19(28)25-20(31-16)26-24-9-11-3-2-4-12(5-11)10-30-13-6-14(21)18(23)15(22)7-13/h2-9H,10H2,1H3,(H,25,26,28)/b16-8+,24-9?. The molecule has 0 unspecified atom stereocenters. The Bertz CT molecular complexity index is 1100. The number of amidine groups is 1. The van der Waals surface area contributed by atoms with Crippen LogP contribution in [-0.2, 0) is 20.9 Å². The second-order valence-electron chi connectivity index (χ2n) is 5.97. The van der Waals surface area contributed by atoms with Crippen LogP contribution in [0.4, 0.5) is 13.2 Å². The predicted molar refractivity (Wildman–Crippen MR) is 108 cm³/mol. The summed E-state index contributed by atoms with van der Waals surface area (Å²) in [6.07, 6.45) is 2.47. The highest BCUT2D eigenvalue weighted by molar-refractivity contribution is 8.18. The maximum absolute atomic E-state index is 13.2. The number of rotatable bonds is 6. The fourth-order valence-electron chi connectivity index (χ4n) is 2.33. The third-order valence-corrected chi connectivity index (χ3v) is 4.67. The first-order chi connectivity index (χ1) is 14.9. The number of nitrogens with one attached hydrogen (secondary N) is 1. The molecule has 0 saturated carbocycles. The molecule has 0 bridgehead atoms. The van der Waals surface area contributed by atoms with Crippen molar-refractivity contribution in [1.29, 1.82) is 0 Å². The lowest BCUT2D eigenvalue weighted by molar-refractivity contribution is -0.135. The Morgan fingerprint density at radius 3 is 2.65 bits per heavy atom. The molecule has 0 radical (unpaired) electrons. The maximum Gasteiger partial charge on any atom is 0.331 e. The van der Waals surface area contributed by atoms with Gasteiger partial charge >= 0.3 is 5.97 Å². The molecule has 160 valence electrons. The molecule has 1 heterocycles. The SMILES string of the molecule is COC(=O)/C=C1/S/C(=N\N=Cc2cccc(COc3cc(F)c(F)c(F)c3)c2)NC1=O. The van der Waals surface area contributed by atoms with Gasteiger partial charge in [0.2, 0.25) is 0 Å². The molecular weight excluding hydrogens is 435 g/mol. The number of amides is 1. The van der Waals surface area contributed by atoms with Crippen molar-refractivity contribution in [2.45, 2.75) is 6.61 Å². The molecule has 1 amide bonds. The van der Waals surface area contributed by atoms with E-state index in [1.807, 2.05) is 0 Å². The number of benzene rings is 2. The summed E-state index contributed by atoms with van der Waals surface area (Å²) in [4.78, 5) is 23.1. The number of hydrogen-bond acceptors (Lipinski definition) is 7. The zero-order valence-electron chi connectivity index (χ0n) is 15.9. The summed E-state index contributed by atoms with van der Waals surface area (Å²) in [5.74, 6) is -5.53. The van der Waals surface area contributed by atoms with Gasteiger partial charge in [-0.15, -0.1) is 5.10 Å². The number of methoxy groups -OCH3 is 1. The van der Waals surface area contributed by atoms with Crippen LogP contribution >= 0.6 is 11.8 Å². The van der Waals surface area contributed by atoms with Crippen LogP contribution < -0.4 is 10.1 Å². The molecule has 1 aliphatic heterocycles. The van der Waals surface area contributed by atoms with Crippen LogP contribution in [0.25, 0.3) is 0 Å². The van der Waals surface area contributed by atoms with Crippen LogP contribution in [0.5, 0.6) is 5.75 Å². The largest absolute Gasteiger partial charge is 0.489 e. The summed E-state index contributed by atoms with van der Waals surface area (Å²) in [6, 6.07) is 8.38. The van der Waals surface area contributed by atoms with Gasteiger partial charge in [-0.05, 0) is 29.0 Å². The summed E-state index contributed by atoms with van der Waals surface area (Å²) in [7, 11) is 1.20. The van der Waals surface area contributed by atoms with Gasteiger partial charge in [-0.2, -0.15) is 5.10 Å². The average Bonchev–Trinajstić information content (AvgIpc) is 3.09. The zero-order valence-corrected chi connectivity index (χ0v) is 16.7. The molecule has 2 aromatic rings. The number of thioether (sulfide) groups is 1. The second kappa shape index (κ2) is 9.94. The van der Waals surface area contributed by atoms with E-state index in [9.17, 15) is 22.8 Å². The summed E-state index contributed by atoms with van der Waals surface area (Å²) >= 11 is 0.938. The number of ether oxygens (including phenoxy) is 2. The molecule has 3 rings (SSSR count). The Labute approximate surface area is 178 Å². The van der Waals surface area contributed by atoms with E-state index in [1.165, 1.54) is 13.3 Å². The highest BCUT2D eigenvalue weighted by atomic mass is 32.2. The fourth-order valence-corrected chi connectivity index (χ4v) is 3.07. The van der Waals surface area contributed by atoms with Crippen molar-refractivity contribution in [1.82, 2.24) is 5.32 Å². The molecule has 0 atom stereocenters. The number of esters is 1. The predicted octanol–water partition coefficient (Wildman–Crippen LogP) is 3.29. The lowest BCUT2D eigenvalue weighted by Crippen LogP contribution is -2.19. The topological polar surface area (TPSA) is 89.3 Å². The van der Waals surface area contributed by atoms with Crippen LogP contribution in [0.1, 0.15) is 11.1 Å². The average molecular weight is 449 g/mol. The van der Waals surface area contributed by atoms with E-state index in [0.717, 1.165) is 30.0 Å². The Balaban J connectivity index is 1.62. The molecule has 0 aliphatic carbocycles. The molecule has 0 aromatic heterocycles. The quantitative estimate of drug-likeness (QED) is 0.240. The van der Waals surface area contributed by atoms with Gasteiger partial charge in [-0.1, -0.05) is 18.2 Å². The summed E-state index contributed by atoms with van der Waals surface area (Å²) in [5, 5.41) is 10.4. The molecule has 1 aliphatic rings. The molecule has 11 heteroatoms. The van der Waals surface area contributed by atoms with Crippen molar-refractivity contribution in [3.63, 3.8) is 0 Å². The number of carbonyl (C=O) groups is 2. The summed E-state index contributed by atoms with van der Waals surface area (Å²) in [6.45, 7) is -0.0195. The van der Waals surface area contributed by atoms with Crippen molar-refractivity contribution >= 4 is 35.0 Å². The van der Waals surface area contributed by atoms with Gasteiger partial charge in [0.1, 0.15) is 12.4 Å². The molecule has 1 N–H and O–H groups in total. The van der Waals surface area contributed by atoms with E-state index in [1.54, 1.807) is 24.3 Å². The van der Waals surface area contributed by atoms with Crippen LogP contribution in [0, 0.1) is 17.5 Å². The number of nitrogens with zero attached hydrogens (tertiary/aromatic N) is 2. The van der Waals surface area contributed by atoms with Gasteiger partial charge in [0.05, 0.1) is 18.2 Å². The van der Waals surface area contributed by atoms with Gasteiger partial charge in [0.15, 0.2) is 22.6 Å². The smallest absolute Gasteiger partial charge is 0.331 e. The van der Waals surface area contributed by atoms with Gasteiger partial charge in [0, 0.05) is 18.2 Å². The van der Waals surface area contributed by atoms with Crippen molar-refractivity contribution in [3.8, 4) is 5.75 Å². The third-order valence-electron chi connectivity index (χ3n) is 3.77. The molecule has 7 nitrogen and oxygen atoms in total. The van der Waals surface area contributed by atoms with E-state index in [-0.39, 0.29) is 22.4 Å². The summed E-state index contributed by atoms with van der Waals surface area (Å²) < 4.78 is 49.3. The van der Waals surface area contributed by atoms with E-state index in [4.69, 9.17) is 4.74 Å². The minimum Gasteiger partial charge on any atom is -0.489 e. The first kappa shape index (κ1) is 22.1. The molecular formula is C20H14F3N3O4S. The molecule has 31 heavy (non-hydrogen) atoms. The Hall–Kier alpha value is -3.60. The lowest BCUT2D eigenvalue weighted by Gasteiger charge is -2.07. The van der Waals surface area contributed by atoms with Crippen molar-refractivity contribution in [2.24, 2.45) is 10.2 Å². The van der Waals surface area contributed by atoms with Gasteiger partial charge in [-0.25, -0.2) is 18.0 Å². The highest BCUT2D eigenvalue weighted by Crippen LogP contribution is 2.23. The van der Waals surface area contributed by atoms with E-state index in [2.05, 4.69) is 20.3 Å². The highest BCUT2D eigenvalue weighted by Gasteiger charge is 2.25. The van der Waals surface area contributed by atoms with E-state index in [0.29, 0.717) is 11.1 Å². The van der Waals surface area contributed by atoms with E-state index >= 15 is 0 Å². The zero-order chi connectivity index (χ0) is 22.4. The molecule has 1 saturated heterocycles. The number of hydrogen-bond donors (Lipinski definition) is 1. The van der Waals surface area contributed by atoms with Crippen molar-refractivity contribution in [2.75, 3.05) is 7.11 Å². The van der Waals surface area contributed by atoms with Crippen LogP contribution in [0.3, 0.4) is 0 Å². The van der Waals surface area contributed by atoms with Gasteiger partial charge < -0.3 is 9.47 Å². The maximum atomic E-state index is 13.2. The normalized spacial score (nSPS) is 16.2. The van der Waals surface area contributed by atoms with Crippen molar-refractivity contribution in [3.05, 3.63) is 76.0 Å².